The molecule has 0 saturated heterocycles. The highest BCUT2D eigenvalue weighted by Crippen LogP contribution is 2.19. The molecule has 1 aromatic rings. The van der Waals surface area contributed by atoms with Crippen LogP contribution in [-0.4, -0.2) is 27.7 Å². The van der Waals surface area contributed by atoms with Crippen LogP contribution in [0, 0.1) is 0 Å². The molecule has 0 aliphatic heterocycles. The number of nitrogens with two attached hydrogens (primary N) is 1. The first-order valence-electron chi connectivity index (χ1n) is 4.92. The Hall–Kier alpha value is -1.50. The van der Waals surface area contributed by atoms with E-state index in [1.807, 2.05) is 0 Å². The van der Waals surface area contributed by atoms with Gasteiger partial charge in [0, 0.05) is 12.1 Å². The van der Waals surface area contributed by atoms with E-state index in [1.165, 1.54) is 17.8 Å². The summed E-state index contributed by atoms with van der Waals surface area (Å²) in [6, 6.07) is 1.55. The van der Waals surface area contributed by atoms with E-state index in [9.17, 15) is 9.59 Å². The molecular formula is C9H12N4O2S. The average Bonchev–Trinajstić information content (AvgIpc) is 2.97. The molecule has 86 valence electrons. The van der Waals surface area contributed by atoms with Gasteiger partial charge in [0.1, 0.15) is 5.82 Å². The summed E-state index contributed by atoms with van der Waals surface area (Å²) < 4.78 is 0. The fourth-order valence-electron chi connectivity index (χ4n) is 1.15. The van der Waals surface area contributed by atoms with Gasteiger partial charge >= 0.3 is 0 Å². The van der Waals surface area contributed by atoms with E-state index in [-0.39, 0.29) is 23.0 Å². The lowest BCUT2D eigenvalue weighted by molar-refractivity contribution is -0.118. The monoisotopic (exact) mass is 240 g/mol. The van der Waals surface area contributed by atoms with Gasteiger partial charge in [-0.05, 0) is 12.8 Å². The van der Waals surface area contributed by atoms with Crippen LogP contribution >= 0.6 is 11.8 Å². The van der Waals surface area contributed by atoms with Gasteiger partial charge in [-0.25, -0.2) is 4.98 Å². The smallest absolute Gasteiger partial charge is 0.253 e. The SMILES string of the molecule is Nc1cc(=O)[nH]c(SCC(=O)NC2CC2)n1. The van der Waals surface area contributed by atoms with Crippen molar-refractivity contribution in [3.63, 3.8) is 0 Å². The Morgan fingerprint density at radius 1 is 1.69 bits per heavy atom. The predicted octanol–water partition coefficient (Wildman–Crippen LogP) is -0.277. The number of hydrogen-bond donors (Lipinski definition) is 3. The minimum absolute atomic E-state index is 0.0439. The maximum Gasteiger partial charge on any atom is 0.253 e. The number of anilines is 1. The molecule has 2 rings (SSSR count). The standard InChI is InChI=1S/C9H12N4O2S/c10-6-3-7(14)13-9(12-6)16-4-8(15)11-5-1-2-5/h3,5H,1-2,4H2,(H,11,15)(H3,10,12,13,14). The van der Waals surface area contributed by atoms with Crippen molar-refractivity contribution in [1.82, 2.24) is 15.3 Å². The summed E-state index contributed by atoms with van der Waals surface area (Å²) in [5.74, 6) is 0.356. The van der Waals surface area contributed by atoms with E-state index >= 15 is 0 Å². The molecule has 0 radical (unpaired) electrons. The number of amides is 1. The first-order valence-corrected chi connectivity index (χ1v) is 5.91. The van der Waals surface area contributed by atoms with Crippen LogP contribution in [0.25, 0.3) is 0 Å². The average molecular weight is 240 g/mol. The van der Waals surface area contributed by atoms with Crippen LogP contribution in [0.15, 0.2) is 16.0 Å². The number of rotatable bonds is 4. The third-order valence-electron chi connectivity index (χ3n) is 2.02. The van der Waals surface area contributed by atoms with E-state index in [0.29, 0.717) is 11.2 Å². The van der Waals surface area contributed by atoms with Crippen LogP contribution in [0.5, 0.6) is 0 Å². The maximum absolute atomic E-state index is 11.4. The zero-order valence-corrected chi connectivity index (χ0v) is 9.34. The van der Waals surface area contributed by atoms with E-state index in [2.05, 4.69) is 15.3 Å². The summed E-state index contributed by atoms with van der Waals surface area (Å²) in [7, 11) is 0. The Balaban J connectivity index is 1.88. The van der Waals surface area contributed by atoms with Gasteiger partial charge in [-0.15, -0.1) is 0 Å². The van der Waals surface area contributed by atoms with Crippen LogP contribution in [0.4, 0.5) is 5.82 Å². The molecule has 0 spiro atoms. The number of H-pyrrole nitrogens is 1. The molecule has 6 nitrogen and oxygen atoms in total. The van der Waals surface area contributed by atoms with Gasteiger partial charge in [-0.1, -0.05) is 11.8 Å². The number of thioether (sulfide) groups is 1. The fourth-order valence-corrected chi connectivity index (χ4v) is 1.85. The van der Waals surface area contributed by atoms with Crippen LogP contribution < -0.4 is 16.6 Å². The van der Waals surface area contributed by atoms with Gasteiger partial charge in [0.15, 0.2) is 5.16 Å². The fraction of sp³-hybridized carbons (Fsp3) is 0.444. The lowest BCUT2D eigenvalue weighted by atomic mass is 10.6. The number of carbonyl (C=O) groups excluding carboxylic acids is 1. The molecule has 7 heteroatoms. The molecule has 1 aromatic heterocycles. The Bertz CT molecular complexity index is 455. The van der Waals surface area contributed by atoms with Crippen molar-refractivity contribution in [3.05, 3.63) is 16.4 Å². The van der Waals surface area contributed by atoms with Gasteiger partial charge in [0.2, 0.25) is 5.91 Å². The minimum Gasteiger partial charge on any atom is -0.383 e. The summed E-state index contributed by atoms with van der Waals surface area (Å²) in [5.41, 5.74) is 5.10. The predicted molar refractivity (Wildman–Crippen MR) is 61.2 cm³/mol. The van der Waals surface area contributed by atoms with Gasteiger partial charge in [-0.3, -0.25) is 9.59 Å². The van der Waals surface area contributed by atoms with E-state index in [1.54, 1.807) is 0 Å². The molecule has 1 heterocycles. The Morgan fingerprint density at radius 3 is 3.06 bits per heavy atom. The van der Waals surface area contributed by atoms with Crippen LogP contribution in [0.1, 0.15) is 12.8 Å². The Morgan fingerprint density at radius 2 is 2.44 bits per heavy atom. The molecule has 1 aliphatic rings. The molecule has 0 atom stereocenters. The highest BCUT2D eigenvalue weighted by atomic mass is 32.2. The molecule has 0 aromatic carbocycles. The third-order valence-corrected chi connectivity index (χ3v) is 2.90. The second kappa shape index (κ2) is 4.56. The molecule has 0 unspecified atom stereocenters. The molecule has 4 N–H and O–H groups in total. The zero-order chi connectivity index (χ0) is 11.5. The summed E-state index contributed by atoms with van der Waals surface area (Å²) in [6.07, 6.45) is 2.12. The first kappa shape index (κ1) is 11.0. The van der Waals surface area contributed by atoms with Crippen LogP contribution in [0.3, 0.4) is 0 Å². The van der Waals surface area contributed by atoms with Gasteiger partial charge in [0.25, 0.3) is 5.56 Å². The van der Waals surface area contributed by atoms with Crippen molar-refractivity contribution < 1.29 is 4.79 Å². The highest BCUT2D eigenvalue weighted by molar-refractivity contribution is 7.99. The summed E-state index contributed by atoms with van der Waals surface area (Å²) in [6.45, 7) is 0. The van der Waals surface area contributed by atoms with Crippen molar-refractivity contribution >= 4 is 23.5 Å². The molecule has 1 amide bonds. The van der Waals surface area contributed by atoms with E-state index in [4.69, 9.17) is 5.73 Å². The number of nitrogens with one attached hydrogen (secondary N) is 2. The second-order valence-corrected chi connectivity index (χ2v) is 4.57. The van der Waals surface area contributed by atoms with Crippen LogP contribution in [0.2, 0.25) is 0 Å². The van der Waals surface area contributed by atoms with Crippen molar-refractivity contribution in [2.24, 2.45) is 0 Å². The Kier molecular flexibility index (Phi) is 3.14. The number of aromatic amines is 1. The van der Waals surface area contributed by atoms with Gasteiger partial charge in [0.05, 0.1) is 5.75 Å². The quantitative estimate of drug-likeness (QED) is 0.496. The molecule has 1 fully saturated rings. The second-order valence-electron chi connectivity index (χ2n) is 3.61. The largest absolute Gasteiger partial charge is 0.383 e. The van der Waals surface area contributed by atoms with Gasteiger partial charge in [-0.2, -0.15) is 0 Å². The molecule has 0 bridgehead atoms. The van der Waals surface area contributed by atoms with Crippen molar-refractivity contribution in [3.8, 4) is 0 Å². The summed E-state index contributed by atoms with van der Waals surface area (Å²) in [5, 5.41) is 3.21. The number of hydrogen-bond acceptors (Lipinski definition) is 5. The highest BCUT2D eigenvalue weighted by Gasteiger charge is 2.23. The van der Waals surface area contributed by atoms with Crippen molar-refractivity contribution in [1.29, 1.82) is 0 Å². The van der Waals surface area contributed by atoms with Crippen molar-refractivity contribution in [2.75, 3.05) is 11.5 Å². The molecule has 1 aliphatic carbocycles. The lowest BCUT2D eigenvalue weighted by Crippen LogP contribution is -2.27. The Labute approximate surface area is 96.0 Å². The third kappa shape index (κ3) is 3.27. The number of carbonyl (C=O) groups is 1. The normalized spacial score (nSPS) is 14.8. The molecular weight excluding hydrogens is 228 g/mol. The first-order chi connectivity index (χ1) is 7.63. The summed E-state index contributed by atoms with van der Waals surface area (Å²) >= 11 is 1.17. The topological polar surface area (TPSA) is 101 Å². The zero-order valence-electron chi connectivity index (χ0n) is 8.53. The lowest BCUT2D eigenvalue weighted by Gasteiger charge is -2.02. The van der Waals surface area contributed by atoms with Crippen LogP contribution in [-0.2, 0) is 4.79 Å². The maximum atomic E-state index is 11.4. The molecule has 1 saturated carbocycles. The summed E-state index contributed by atoms with van der Waals surface area (Å²) in [4.78, 5) is 28.8. The number of aromatic nitrogens is 2. The minimum atomic E-state index is -0.308. The van der Waals surface area contributed by atoms with Crippen molar-refractivity contribution in [2.45, 2.75) is 24.0 Å². The van der Waals surface area contributed by atoms with Gasteiger partial charge < -0.3 is 16.0 Å². The molecule has 16 heavy (non-hydrogen) atoms. The number of nitrogen functional groups attached to an aromatic ring is 1. The van der Waals surface area contributed by atoms with E-state index < -0.39 is 0 Å². The number of nitrogens with zero attached hydrogens (tertiary/aromatic N) is 1. The van der Waals surface area contributed by atoms with E-state index in [0.717, 1.165) is 12.8 Å².